The molecule has 0 saturated carbocycles. The number of esters is 4. The van der Waals surface area contributed by atoms with E-state index in [0.717, 1.165) is 109 Å². The predicted molar refractivity (Wildman–Crippen MR) is 322 cm³/mol. The van der Waals surface area contributed by atoms with Gasteiger partial charge in [-0.05, 0) is 31.6 Å². The molecule has 0 aromatic carbocycles. The predicted octanol–water partition coefficient (Wildman–Crippen LogP) is 17.0. The van der Waals surface area contributed by atoms with E-state index in [2.05, 4.69) is 34.6 Å². The number of rotatable bonds is 62. The van der Waals surface area contributed by atoms with Crippen LogP contribution < -0.4 is 0 Å². The molecule has 19 heteroatoms. The van der Waals surface area contributed by atoms with Crippen molar-refractivity contribution in [1.29, 1.82) is 0 Å². The molecular weight excluding hydrogens is 1080 g/mol. The topological polar surface area (TPSA) is 237 Å². The highest BCUT2D eigenvalue weighted by molar-refractivity contribution is 7.47. The fourth-order valence-corrected chi connectivity index (χ4v) is 10.8. The summed E-state index contributed by atoms with van der Waals surface area (Å²) in [5, 5.41) is 10.5. The second-order valence-electron chi connectivity index (χ2n) is 22.7. The van der Waals surface area contributed by atoms with Crippen molar-refractivity contribution in [2.24, 2.45) is 5.92 Å². The van der Waals surface area contributed by atoms with Crippen LogP contribution in [0, 0.1) is 5.92 Å². The Hall–Kier alpha value is -1.94. The summed E-state index contributed by atoms with van der Waals surface area (Å²) in [7, 11) is -9.88. The Morgan fingerprint density at radius 3 is 0.877 bits per heavy atom. The highest BCUT2D eigenvalue weighted by Gasteiger charge is 2.30. The van der Waals surface area contributed by atoms with Gasteiger partial charge >= 0.3 is 39.5 Å². The number of carbonyl (C=O) groups excluding carboxylic acids is 4. The Kier molecular flexibility index (Phi) is 54.6. The third-order valence-corrected chi connectivity index (χ3v) is 16.5. The summed E-state index contributed by atoms with van der Waals surface area (Å²) in [6.07, 6.45) is 39.0. The Labute approximate surface area is 492 Å². The molecule has 3 N–H and O–H groups in total. The molecule has 0 aliphatic rings. The van der Waals surface area contributed by atoms with E-state index in [9.17, 15) is 43.2 Å². The number of aliphatic hydroxyl groups is 1. The lowest BCUT2D eigenvalue weighted by Crippen LogP contribution is -2.30. The average Bonchev–Trinajstić information content (AvgIpc) is 3.44. The highest BCUT2D eigenvalue weighted by atomic mass is 31.2. The van der Waals surface area contributed by atoms with Gasteiger partial charge in [0.1, 0.15) is 19.3 Å². The molecule has 3 unspecified atom stereocenters. The number of phosphoric acid groups is 2. The molecular formula is C62H120O17P2. The van der Waals surface area contributed by atoms with Crippen LogP contribution in [0.5, 0.6) is 0 Å². The summed E-state index contributed by atoms with van der Waals surface area (Å²) in [5.74, 6) is -1.42. The Bertz CT molecular complexity index is 1590. The van der Waals surface area contributed by atoms with Crippen molar-refractivity contribution < 1.29 is 80.2 Å². The van der Waals surface area contributed by atoms with E-state index >= 15 is 0 Å². The monoisotopic (exact) mass is 1200 g/mol. The van der Waals surface area contributed by atoms with Gasteiger partial charge in [-0.25, -0.2) is 9.13 Å². The lowest BCUT2D eigenvalue weighted by atomic mass is 10.00. The van der Waals surface area contributed by atoms with Crippen LogP contribution in [0.3, 0.4) is 0 Å². The number of aliphatic hydroxyl groups excluding tert-OH is 1. The van der Waals surface area contributed by atoms with E-state index in [-0.39, 0.29) is 25.7 Å². The molecule has 0 fully saturated rings. The molecule has 0 rings (SSSR count). The van der Waals surface area contributed by atoms with Crippen LogP contribution >= 0.6 is 15.6 Å². The van der Waals surface area contributed by atoms with Crippen molar-refractivity contribution in [2.75, 3.05) is 39.6 Å². The fourth-order valence-electron chi connectivity index (χ4n) is 9.20. The molecule has 0 aromatic rings. The van der Waals surface area contributed by atoms with E-state index in [0.29, 0.717) is 25.7 Å². The fraction of sp³-hybridized carbons (Fsp3) is 0.935. The van der Waals surface area contributed by atoms with Gasteiger partial charge in [0.15, 0.2) is 12.2 Å². The number of ether oxygens (including phenoxy) is 4. The molecule has 6 atom stereocenters. The van der Waals surface area contributed by atoms with Gasteiger partial charge in [0, 0.05) is 25.7 Å². The maximum Gasteiger partial charge on any atom is 0.472 e. The molecule has 0 heterocycles. The van der Waals surface area contributed by atoms with Crippen LogP contribution in [0.1, 0.15) is 311 Å². The zero-order valence-corrected chi connectivity index (χ0v) is 53.7. The van der Waals surface area contributed by atoms with Crippen molar-refractivity contribution in [3.63, 3.8) is 0 Å². The van der Waals surface area contributed by atoms with Gasteiger partial charge in [-0.2, -0.15) is 0 Å². The first-order chi connectivity index (χ1) is 39.1. The lowest BCUT2D eigenvalue weighted by Gasteiger charge is -2.21. The second kappa shape index (κ2) is 55.9. The second-order valence-corrected chi connectivity index (χ2v) is 25.6. The minimum absolute atomic E-state index is 0.103. The minimum Gasteiger partial charge on any atom is -0.462 e. The Morgan fingerprint density at radius 1 is 0.346 bits per heavy atom. The molecule has 480 valence electrons. The summed E-state index contributed by atoms with van der Waals surface area (Å²) in [5.41, 5.74) is 0. The van der Waals surface area contributed by atoms with Gasteiger partial charge in [-0.15, -0.1) is 0 Å². The van der Waals surface area contributed by atoms with Gasteiger partial charge in [0.05, 0.1) is 26.4 Å². The van der Waals surface area contributed by atoms with Crippen LogP contribution in [0.2, 0.25) is 0 Å². The van der Waals surface area contributed by atoms with Crippen molar-refractivity contribution in [3.8, 4) is 0 Å². The molecule has 0 spiro atoms. The SMILES string of the molecule is CCCCCCCCCCCCCCCC(=O)O[C@H](COC(=O)CCCCCCCCCCCCC)COP(=O)(O)OC[C@@H](O)COP(=O)(O)OC[C@@H](COC(=O)CCCCCCCCC)OC(=O)CCCCCCCCC(C)CC. The maximum absolute atomic E-state index is 13.0. The van der Waals surface area contributed by atoms with Crippen molar-refractivity contribution >= 4 is 39.5 Å². The van der Waals surface area contributed by atoms with Gasteiger partial charge in [0.25, 0.3) is 0 Å². The third kappa shape index (κ3) is 55.7. The van der Waals surface area contributed by atoms with Crippen LogP contribution in [-0.2, 0) is 65.4 Å². The molecule has 0 aliphatic carbocycles. The van der Waals surface area contributed by atoms with E-state index in [1.807, 2.05) is 0 Å². The molecule has 0 aliphatic heterocycles. The number of hydrogen-bond acceptors (Lipinski definition) is 15. The van der Waals surface area contributed by atoms with Gasteiger partial charge < -0.3 is 33.8 Å². The zero-order chi connectivity index (χ0) is 59.9. The Balaban J connectivity index is 5.22. The van der Waals surface area contributed by atoms with E-state index in [1.165, 1.54) is 122 Å². The Morgan fingerprint density at radius 2 is 0.593 bits per heavy atom. The summed E-state index contributed by atoms with van der Waals surface area (Å²) >= 11 is 0. The van der Waals surface area contributed by atoms with Crippen LogP contribution in [0.15, 0.2) is 0 Å². The number of carbonyl (C=O) groups is 4. The van der Waals surface area contributed by atoms with Crippen LogP contribution in [0.25, 0.3) is 0 Å². The standard InChI is InChI=1S/C62H120O17P2/c1-6-10-13-16-19-21-23-24-26-28-31-37-42-47-61(66)78-57(52-73-60(65)46-41-36-30-27-25-22-20-17-14-11-7-2)53-76-80(68,69)74-49-56(63)50-75-81(70,71)77-54-58(51-72-59(64)45-40-35-29-18-15-12-8-3)79-62(67)48-43-38-33-32-34-39-44-55(5)9-4/h55-58,63H,6-54H2,1-5H3,(H,68,69)(H,70,71)/t55?,56-,57-,58-/m1/s1. The molecule has 0 bridgehead atoms. The number of phosphoric ester groups is 2. The van der Waals surface area contributed by atoms with Crippen molar-refractivity contribution in [1.82, 2.24) is 0 Å². The minimum atomic E-state index is -4.94. The van der Waals surface area contributed by atoms with E-state index < -0.39 is 97.5 Å². The first-order valence-corrected chi connectivity index (χ1v) is 35.7. The number of hydrogen-bond donors (Lipinski definition) is 3. The quantitative estimate of drug-likeness (QED) is 0.0222. The molecule has 0 saturated heterocycles. The highest BCUT2D eigenvalue weighted by Crippen LogP contribution is 2.45. The van der Waals surface area contributed by atoms with Crippen molar-refractivity contribution in [3.05, 3.63) is 0 Å². The summed E-state index contributed by atoms with van der Waals surface area (Å²) < 4.78 is 67.8. The summed E-state index contributed by atoms with van der Waals surface area (Å²) in [6.45, 7) is 7.09. The van der Waals surface area contributed by atoms with Gasteiger partial charge in [-0.1, -0.05) is 259 Å². The normalized spacial score (nSPS) is 14.6. The molecule has 0 radical (unpaired) electrons. The van der Waals surface area contributed by atoms with Gasteiger partial charge in [-0.3, -0.25) is 37.3 Å². The van der Waals surface area contributed by atoms with Crippen LogP contribution in [0.4, 0.5) is 0 Å². The zero-order valence-electron chi connectivity index (χ0n) is 51.9. The molecule has 81 heavy (non-hydrogen) atoms. The first-order valence-electron chi connectivity index (χ1n) is 32.7. The summed E-state index contributed by atoms with van der Waals surface area (Å²) in [4.78, 5) is 72.0. The third-order valence-electron chi connectivity index (χ3n) is 14.6. The summed E-state index contributed by atoms with van der Waals surface area (Å²) in [6, 6.07) is 0. The van der Waals surface area contributed by atoms with Crippen LogP contribution in [-0.4, -0.2) is 96.7 Å². The number of unbranched alkanes of at least 4 members (excludes halogenated alkanes) is 33. The van der Waals surface area contributed by atoms with E-state index in [1.54, 1.807) is 0 Å². The maximum atomic E-state index is 13.0. The van der Waals surface area contributed by atoms with Crippen molar-refractivity contribution in [2.45, 2.75) is 329 Å². The lowest BCUT2D eigenvalue weighted by molar-refractivity contribution is -0.161. The first kappa shape index (κ1) is 79.1. The largest absolute Gasteiger partial charge is 0.472 e. The van der Waals surface area contributed by atoms with E-state index in [4.69, 9.17) is 37.0 Å². The molecule has 0 amide bonds. The molecule has 17 nitrogen and oxygen atoms in total. The smallest absolute Gasteiger partial charge is 0.462 e. The van der Waals surface area contributed by atoms with Gasteiger partial charge in [0.2, 0.25) is 0 Å². The average molecular weight is 1200 g/mol. The molecule has 0 aromatic heterocycles.